The summed E-state index contributed by atoms with van der Waals surface area (Å²) in [6.45, 7) is 7.26. The smallest absolute Gasteiger partial charge is 0.191 e. The number of aliphatic imine (C=N–C) groups is 1. The topological polar surface area (TPSA) is 79.8 Å². The average Bonchev–Trinajstić information content (AvgIpc) is 2.91. The Morgan fingerprint density at radius 2 is 1.80 bits per heavy atom. The number of nitrogens with zero attached hydrogens (tertiary/aromatic N) is 1. The molecule has 2 N–H and O–H groups in total. The second-order valence-electron chi connectivity index (χ2n) is 6.74. The SMILES string of the molecule is CCCCCCCCOCCCN=C(NCC)NC1CCS(=O)(=O)C1. The van der Waals surface area contributed by atoms with Crippen LogP contribution in [-0.4, -0.2) is 58.2 Å². The first-order chi connectivity index (χ1) is 12.1. The molecular formula is C18H37N3O3S. The molecule has 1 unspecified atom stereocenters. The number of hydrogen-bond acceptors (Lipinski definition) is 4. The number of hydrogen-bond donors (Lipinski definition) is 2. The van der Waals surface area contributed by atoms with Gasteiger partial charge in [-0.3, -0.25) is 4.99 Å². The lowest BCUT2D eigenvalue weighted by Crippen LogP contribution is -2.44. The minimum absolute atomic E-state index is 0.0215. The Kier molecular flexibility index (Phi) is 11.9. The maximum Gasteiger partial charge on any atom is 0.191 e. The van der Waals surface area contributed by atoms with E-state index in [1.165, 1.54) is 32.1 Å². The maximum atomic E-state index is 11.5. The third-order valence-electron chi connectivity index (χ3n) is 4.28. The molecule has 0 aliphatic carbocycles. The van der Waals surface area contributed by atoms with Gasteiger partial charge in [0.25, 0.3) is 0 Å². The van der Waals surface area contributed by atoms with Gasteiger partial charge in [0, 0.05) is 32.3 Å². The van der Waals surface area contributed by atoms with Crippen molar-refractivity contribution in [3.8, 4) is 0 Å². The van der Waals surface area contributed by atoms with Crippen LogP contribution in [0.2, 0.25) is 0 Å². The molecule has 0 radical (unpaired) electrons. The van der Waals surface area contributed by atoms with Crippen LogP contribution < -0.4 is 10.6 Å². The van der Waals surface area contributed by atoms with Gasteiger partial charge in [-0.2, -0.15) is 0 Å². The van der Waals surface area contributed by atoms with E-state index in [1.807, 2.05) is 6.92 Å². The van der Waals surface area contributed by atoms with Gasteiger partial charge in [-0.05, 0) is 26.2 Å². The Morgan fingerprint density at radius 1 is 1.08 bits per heavy atom. The van der Waals surface area contributed by atoms with Gasteiger partial charge in [0.15, 0.2) is 15.8 Å². The van der Waals surface area contributed by atoms with Gasteiger partial charge in [0.2, 0.25) is 0 Å². The van der Waals surface area contributed by atoms with Gasteiger partial charge in [0.1, 0.15) is 0 Å². The van der Waals surface area contributed by atoms with Gasteiger partial charge in [-0.25, -0.2) is 8.42 Å². The minimum atomic E-state index is -2.87. The lowest BCUT2D eigenvalue weighted by Gasteiger charge is -2.15. The Hall–Kier alpha value is -0.820. The molecule has 6 nitrogen and oxygen atoms in total. The van der Waals surface area contributed by atoms with E-state index in [0.717, 1.165) is 32.6 Å². The lowest BCUT2D eigenvalue weighted by atomic mass is 10.1. The van der Waals surface area contributed by atoms with E-state index in [-0.39, 0.29) is 17.5 Å². The molecule has 1 aliphatic rings. The molecule has 1 rings (SSSR count). The number of ether oxygens (including phenoxy) is 1. The molecule has 1 aliphatic heterocycles. The van der Waals surface area contributed by atoms with E-state index < -0.39 is 9.84 Å². The third kappa shape index (κ3) is 11.4. The summed E-state index contributed by atoms with van der Waals surface area (Å²) in [7, 11) is -2.87. The molecule has 7 heteroatoms. The molecule has 148 valence electrons. The molecule has 0 amide bonds. The molecule has 0 bridgehead atoms. The van der Waals surface area contributed by atoms with Crippen LogP contribution in [0.4, 0.5) is 0 Å². The highest BCUT2D eigenvalue weighted by Crippen LogP contribution is 2.11. The van der Waals surface area contributed by atoms with E-state index in [9.17, 15) is 8.42 Å². The summed E-state index contributed by atoms with van der Waals surface area (Å²) in [5.41, 5.74) is 0. The molecule has 1 atom stereocenters. The molecule has 0 spiro atoms. The number of guanidine groups is 1. The van der Waals surface area contributed by atoms with Gasteiger partial charge in [0.05, 0.1) is 11.5 Å². The van der Waals surface area contributed by atoms with Crippen molar-refractivity contribution in [1.82, 2.24) is 10.6 Å². The maximum absolute atomic E-state index is 11.5. The molecular weight excluding hydrogens is 338 g/mol. The zero-order valence-corrected chi connectivity index (χ0v) is 16.9. The predicted octanol–water partition coefficient (Wildman–Crippen LogP) is 2.50. The summed E-state index contributed by atoms with van der Waals surface area (Å²) < 4.78 is 28.7. The third-order valence-corrected chi connectivity index (χ3v) is 6.04. The summed E-state index contributed by atoms with van der Waals surface area (Å²) in [5, 5.41) is 6.40. The lowest BCUT2D eigenvalue weighted by molar-refractivity contribution is 0.129. The molecule has 1 heterocycles. The van der Waals surface area contributed by atoms with Crippen molar-refractivity contribution >= 4 is 15.8 Å². The first-order valence-corrected chi connectivity index (χ1v) is 11.7. The first kappa shape index (κ1) is 22.2. The zero-order valence-electron chi connectivity index (χ0n) is 16.1. The van der Waals surface area contributed by atoms with Crippen molar-refractivity contribution < 1.29 is 13.2 Å². The largest absolute Gasteiger partial charge is 0.381 e. The van der Waals surface area contributed by atoms with Crippen molar-refractivity contribution in [2.45, 2.75) is 71.3 Å². The predicted molar refractivity (Wildman–Crippen MR) is 105 cm³/mol. The van der Waals surface area contributed by atoms with Crippen LogP contribution in [0.5, 0.6) is 0 Å². The summed E-state index contributed by atoms with van der Waals surface area (Å²) in [6, 6.07) is -0.0215. The fraction of sp³-hybridized carbons (Fsp3) is 0.944. The van der Waals surface area contributed by atoms with Crippen molar-refractivity contribution in [1.29, 1.82) is 0 Å². The number of nitrogens with one attached hydrogen (secondary N) is 2. The molecule has 0 aromatic heterocycles. The standard InChI is InChI=1S/C18H37N3O3S/c1-3-5-6-7-8-9-13-24-14-10-12-20-18(19-4-2)21-17-11-15-25(22,23)16-17/h17H,3-16H2,1-2H3,(H2,19,20,21). The van der Waals surface area contributed by atoms with E-state index in [2.05, 4.69) is 22.5 Å². The highest BCUT2D eigenvalue weighted by Gasteiger charge is 2.28. The van der Waals surface area contributed by atoms with E-state index in [0.29, 0.717) is 18.9 Å². The van der Waals surface area contributed by atoms with Gasteiger partial charge in [-0.1, -0.05) is 39.0 Å². The van der Waals surface area contributed by atoms with Gasteiger partial charge in [-0.15, -0.1) is 0 Å². The van der Waals surface area contributed by atoms with Crippen LogP contribution in [-0.2, 0) is 14.6 Å². The molecule has 0 aromatic carbocycles. The van der Waals surface area contributed by atoms with E-state index >= 15 is 0 Å². The van der Waals surface area contributed by atoms with Crippen molar-refractivity contribution in [3.63, 3.8) is 0 Å². The Bertz CT molecular complexity index is 466. The Balaban J connectivity index is 2.08. The van der Waals surface area contributed by atoms with Gasteiger partial charge >= 0.3 is 0 Å². The Morgan fingerprint density at radius 3 is 2.48 bits per heavy atom. The minimum Gasteiger partial charge on any atom is -0.381 e. The second kappa shape index (κ2) is 13.4. The monoisotopic (exact) mass is 375 g/mol. The highest BCUT2D eigenvalue weighted by atomic mass is 32.2. The van der Waals surface area contributed by atoms with E-state index in [4.69, 9.17) is 4.74 Å². The number of rotatable bonds is 13. The summed E-state index contributed by atoms with van der Waals surface area (Å²) in [6.07, 6.45) is 9.24. The molecule has 1 fully saturated rings. The molecule has 0 saturated carbocycles. The first-order valence-electron chi connectivity index (χ1n) is 9.90. The number of unbranched alkanes of at least 4 members (excludes halogenated alkanes) is 5. The summed E-state index contributed by atoms with van der Waals surface area (Å²) in [4.78, 5) is 4.51. The van der Waals surface area contributed by atoms with Crippen molar-refractivity contribution in [2.24, 2.45) is 4.99 Å². The summed E-state index contributed by atoms with van der Waals surface area (Å²) >= 11 is 0. The van der Waals surface area contributed by atoms with E-state index in [1.54, 1.807) is 0 Å². The highest BCUT2D eigenvalue weighted by molar-refractivity contribution is 7.91. The molecule has 25 heavy (non-hydrogen) atoms. The van der Waals surface area contributed by atoms with Crippen molar-refractivity contribution in [2.75, 3.05) is 37.8 Å². The van der Waals surface area contributed by atoms with Crippen LogP contribution in [0.15, 0.2) is 4.99 Å². The second-order valence-corrected chi connectivity index (χ2v) is 8.97. The quantitative estimate of drug-likeness (QED) is 0.294. The number of sulfone groups is 1. The molecule has 1 saturated heterocycles. The van der Waals surface area contributed by atoms with Gasteiger partial charge < -0.3 is 15.4 Å². The van der Waals surface area contributed by atoms with Crippen LogP contribution in [0, 0.1) is 0 Å². The van der Waals surface area contributed by atoms with Crippen molar-refractivity contribution in [3.05, 3.63) is 0 Å². The zero-order chi connectivity index (χ0) is 18.4. The fourth-order valence-electron chi connectivity index (χ4n) is 2.87. The van der Waals surface area contributed by atoms with Crippen LogP contribution in [0.3, 0.4) is 0 Å². The molecule has 0 aromatic rings. The average molecular weight is 376 g/mol. The van der Waals surface area contributed by atoms with Crippen LogP contribution >= 0.6 is 0 Å². The Labute approximate surface area is 154 Å². The summed E-state index contributed by atoms with van der Waals surface area (Å²) in [5.74, 6) is 1.19. The fourth-order valence-corrected chi connectivity index (χ4v) is 4.54. The van der Waals surface area contributed by atoms with Crippen LogP contribution in [0.25, 0.3) is 0 Å². The van der Waals surface area contributed by atoms with Crippen LogP contribution in [0.1, 0.15) is 65.2 Å². The normalized spacial score (nSPS) is 19.9.